The molecule has 3 aromatic rings. The summed E-state index contributed by atoms with van der Waals surface area (Å²) in [4.78, 5) is 15.9. The van der Waals surface area contributed by atoms with Gasteiger partial charge < -0.3 is 9.42 Å². The van der Waals surface area contributed by atoms with Gasteiger partial charge in [0.05, 0.1) is 18.1 Å². The van der Waals surface area contributed by atoms with E-state index in [1.165, 1.54) is 0 Å². The second kappa shape index (κ2) is 7.93. The number of aryl methyl sites for hydroxylation is 1. The highest BCUT2D eigenvalue weighted by Crippen LogP contribution is 2.27. The van der Waals surface area contributed by atoms with Gasteiger partial charge in [-0.25, -0.2) is 8.42 Å². The van der Waals surface area contributed by atoms with Gasteiger partial charge in [0, 0.05) is 27.6 Å². The maximum absolute atomic E-state index is 13.3. The molecule has 4 rings (SSSR count). The van der Waals surface area contributed by atoms with Gasteiger partial charge in [-0.15, -0.1) is 11.3 Å². The first kappa shape index (κ1) is 20.1. The van der Waals surface area contributed by atoms with Gasteiger partial charge in [-0.2, -0.15) is 0 Å². The first-order chi connectivity index (χ1) is 13.8. The number of rotatable bonds is 5. The van der Waals surface area contributed by atoms with Gasteiger partial charge >= 0.3 is 0 Å². The molecule has 0 unspecified atom stereocenters. The Kier molecular flexibility index (Phi) is 5.50. The van der Waals surface area contributed by atoms with Crippen LogP contribution in [-0.2, 0) is 16.4 Å². The number of aromatic nitrogens is 1. The fourth-order valence-electron chi connectivity index (χ4n) is 3.38. The van der Waals surface area contributed by atoms with Crippen LogP contribution in [0, 0.1) is 6.92 Å². The minimum atomic E-state index is -3.13. The molecule has 1 amide bonds. The van der Waals surface area contributed by atoms with E-state index in [2.05, 4.69) is 5.16 Å². The van der Waals surface area contributed by atoms with Gasteiger partial charge in [0.1, 0.15) is 0 Å². The van der Waals surface area contributed by atoms with Crippen LogP contribution in [0.3, 0.4) is 0 Å². The predicted octanol–water partition coefficient (Wildman–Crippen LogP) is 4.19. The van der Waals surface area contributed by atoms with Crippen molar-refractivity contribution in [2.75, 3.05) is 11.5 Å². The highest BCUT2D eigenvalue weighted by Gasteiger charge is 2.36. The van der Waals surface area contributed by atoms with Crippen molar-refractivity contribution in [2.24, 2.45) is 0 Å². The number of thiophene rings is 1. The molecule has 0 aliphatic carbocycles. The third-order valence-electron chi connectivity index (χ3n) is 5.05. The van der Waals surface area contributed by atoms with E-state index in [1.54, 1.807) is 46.6 Å². The standard InChI is InChI=1S/C20H19ClN2O4S2/c1-13-6-8-28-19(13)11-23(16-7-9-29(25,26)12-16)20(24)17-10-18(27-22-17)14-2-4-15(21)5-3-14/h2-6,8,10,16H,7,9,11-12H2,1H3/t16-/m0/s1. The third kappa shape index (κ3) is 4.39. The Morgan fingerprint density at radius 1 is 1.31 bits per heavy atom. The van der Waals surface area contributed by atoms with Gasteiger partial charge in [0.15, 0.2) is 21.3 Å². The summed E-state index contributed by atoms with van der Waals surface area (Å²) in [6.07, 6.45) is 0.431. The van der Waals surface area contributed by atoms with Crippen LogP contribution >= 0.6 is 22.9 Å². The summed E-state index contributed by atoms with van der Waals surface area (Å²) in [5.74, 6) is 0.199. The number of hydrogen-bond acceptors (Lipinski definition) is 6. The maximum atomic E-state index is 13.3. The number of sulfone groups is 1. The molecule has 152 valence electrons. The fraction of sp³-hybridized carbons (Fsp3) is 0.300. The summed E-state index contributed by atoms with van der Waals surface area (Å²) in [5.41, 5.74) is 1.99. The van der Waals surface area contributed by atoms with Crippen LogP contribution in [-0.4, -0.2) is 41.9 Å². The average Bonchev–Trinajstić information content (AvgIpc) is 3.40. The molecule has 29 heavy (non-hydrogen) atoms. The molecule has 1 saturated heterocycles. The topological polar surface area (TPSA) is 80.5 Å². The lowest BCUT2D eigenvalue weighted by atomic mass is 10.1. The summed E-state index contributed by atoms with van der Waals surface area (Å²) in [7, 11) is -3.13. The van der Waals surface area contributed by atoms with Crippen LogP contribution in [0.2, 0.25) is 5.02 Å². The molecule has 1 fully saturated rings. The van der Waals surface area contributed by atoms with Gasteiger partial charge in [0.2, 0.25) is 0 Å². The number of hydrogen-bond donors (Lipinski definition) is 0. The van der Waals surface area contributed by atoms with E-state index < -0.39 is 9.84 Å². The SMILES string of the molecule is Cc1ccsc1CN(C(=O)c1cc(-c2ccc(Cl)cc2)on1)[C@H]1CCS(=O)(=O)C1. The van der Waals surface area contributed by atoms with Crippen molar-refractivity contribution in [1.82, 2.24) is 10.1 Å². The zero-order chi connectivity index (χ0) is 20.6. The molecule has 9 heteroatoms. The summed E-state index contributed by atoms with van der Waals surface area (Å²) in [6.45, 7) is 2.33. The smallest absolute Gasteiger partial charge is 0.276 e. The van der Waals surface area contributed by atoms with Gasteiger partial charge in [-0.05, 0) is 54.6 Å². The maximum Gasteiger partial charge on any atom is 0.276 e. The van der Waals surface area contributed by atoms with Crippen molar-refractivity contribution in [3.8, 4) is 11.3 Å². The number of amides is 1. The van der Waals surface area contributed by atoms with E-state index >= 15 is 0 Å². The lowest BCUT2D eigenvalue weighted by Crippen LogP contribution is -2.40. The molecular formula is C20H19ClN2O4S2. The van der Waals surface area contributed by atoms with Crippen molar-refractivity contribution >= 4 is 38.7 Å². The van der Waals surface area contributed by atoms with Crippen molar-refractivity contribution < 1.29 is 17.7 Å². The number of benzene rings is 1. The Morgan fingerprint density at radius 3 is 2.69 bits per heavy atom. The van der Waals surface area contributed by atoms with Gasteiger partial charge in [-0.3, -0.25) is 4.79 Å². The van der Waals surface area contributed by atoms with E-state index in [0.717, 1.165) is 16.0 Å². The molecule has 1 aliphatic rings. The Labute approximate surface area is 178 Å². The Morgan fingerprint density at radius 2 is 2.07 bits per heavy atom. The van der Waals surface area contributed by atoms with Gasteiger partial charge in [0.25, 0.3) is 5.91 Å². The van der Waals surface area contributed by atoms with E-state index in [0.29, 0.717) is 23.7 Å². The first-order valence-corrected chi connectivity index (χ1v) is 12.2. The zero-order valence-corrected chi connectivity index (χ0v) is 18.1. The molecular weight excluding hydrogens is 432 g/mol. The number of halogens is 1. The zero-order valence-electron chi connectivity index (χ0n) is 15.7. The third-order valence-corrected chi connectivity index (χ3v) is 8.06. The second-order valence-corrected chi connectivity index (χ2v) is 10.8. The molecule has 1 aliphatic heterocycles. The molecule has 0 bridgehead atoms. The first-order valence-electron chi connectivity index (χ1n) is 9.09. The van der Waals surface area contributed by atoms with E-state index in [-0.39, 0.29) is 29.1 Å². The van der Waals surface area contributed by atoms with E-state index in [1.807, 2.05) is 18.4 Å². The monoisotopic (exact) mass is 450 g/mol. The van der Waals surface area contributed by atoms with E-state index in [9.17, 15) is 13.2 Å². The Bertz CT molecular complexity index is 1140. The lowest BCUT2D eigenvalue weighted by Gasteiger charge is -2.27. The molecule has 3 heterocycles. The van der Waals surface area contributed by atoms with Crippen molar-refractivity contribution in [3.63, 3.8) is 0 Å². The molecule has 1 atom stereocenters. The van der Waals surface area contributed by atoms with Crippen LogP contribution in [0.5, 0.6) is 0 Å². The molecule has 6 nitrogen and oxygen atoms in total. The molecule has 2 aromatic heterocycles. The second-order valence-electron chi connectivity index (χ2n) is 7.10. The van der Waals surface area contributed by atoms with Crippen LogP contribution in [0.1, 0.15) is 27.3 Å². The fourth-order valence-corrected chi connectivity index (χ4v) is 6.14. The van der Waals surface area contributed by atoms with Crippen LogP contribution in [0.15, 0.2) is 46.3 Å². The van der Waals surface area contributed by atoms with Crippen LogP contribution in [0.4, 0.5) is 0 Å². The predicted molar refractivity (Wildman–Crippen MR) is 113 cm³/mol. The summed E-state index contributed by atoms with van der Waals surface area (Å²) >= 11 is 7.47. The molecule has 0 saturated carbocycles. The Hall–Kier alpha value is -2.16. The number of carbonyl (C=O) groups excluding carboxylic acids is 1. The number of carbonyl (C=O) groups is 1. The van der Waals surface area contributed by atoms with Crippen molar-refractivity contribution in [2.45, 2.75) is 25.9 Å². The Balaban J connectivity index is 1.62. The highest BCUT2D eigenvalue weighted by molar-refractivity contribution is 7.91. The van der Waals surface area contributed by atoms with Crippen molar-refractivity contribution in [1.29, 1.82) is 0 Å². The minimum absolute atomic E-state index is 0.0228. The number of nitrogens with zero attached hydrogens (tertiary/aromatic N) is 2. The summed E-state index contributed by atoms with van der Waals surface area (Å²) in [5, 5.41) is 6.52. The normalized spacial score (nSPS) is 18.1. The van der Waals surface area contributed by atoms with Crippen LogP contribution in [0.25, 0.3) is 11.3 Å². The quantitative estimate of drug-likeness (QED) is 0.582. The minimum Gasteiger partial charge on any atom is -0.355 e. The molecule has 1 aromatic carbocycles. The van der Waals surface area contributed by atoms with E-state index in [4.69, 9.17) is 16.1 Å². The molecule has 0 N–H and O–H groups in total. The molecule has 0 radical (unpaired) electrons. The van der Waals surface area contributed by atoms with Crippen molar-refractivity contribution in [3.05, 3.63) is 62.9 Å². The summed E-state index contributed by atoms with van der Waals surface area (Å²) in [6, 6.07) is 10.2. The lowest BCUT2D eigenvalue weighted by molar-refractivity contribution is 0.0672. The van der Waals surface area contributed by atoms with Crippen LogP contribution < -0.4 is 0 Å². The van der Waals surface area contributed by atoms with Gasteiger partial charge in [-0.1, -0.05) is 16.8 Å². The summed E-state index contributed by atoms with van der Waals surface area (Å²) < 4.78 is 29.4. The largest absolute Gasteiger partial charge is 0.355 e. The molecule has 0 spiro atoms. The highest BCUT2D eigenvalue weighted by atomic mass is 35.5. The average molecular weight is 451 g/mol.